The van der Waals surface area contributed by atoms with Crippen LogP contribution >= 0.6 is 0 Å². The van der Waals surface area contributed by atoms with Crippen LogP contribution in [0.5, 0.6) is 0 Å². The van der Waals surface area contributed by atoms with Crippen LogP contribution in [-0.2, 0) is 21.2 Å². The average Bonchev–Trinajstić information content (AvgIpc) is 2.69. The van der Waals surface area contributed by atoms with Crippen LogP contribution in [0.15, 0.2) is 71.6 Å². The maximum atomic E-state index is 12.8. The van der Waals surface area contributed by atoms with Gasteiger partial charge in [0, 0.05) is 12.7 Å². The van der Waals surface area contributed by atoms with Gasteiger partial charge >= 0.3 is 0 Å². The van der Waals surface area contributed by atoms with E-state index in [2.05, 4.69) is 11.4 Å². The van der Waals surface area contributed by atoms with Gasteiger partial charge in [-0.1, -0.05) is 42.5 Å². The zero-order chi connectivity index (χ0) is 20.1. The molecule has 28 heavy (non-hydrogen) atoms. The molecule has 0 aliphatic carbocycles. The van der Waals surface area contributed by atoms with E-state index >= 15 is 0 Å². The van der Waals surface area contributed by atoms with E-state index in [0.717, 1.165) is 20.6 Å². The van der Waals surface area contributed by atoms with Gasteiger partial charge in [-0.25, -0.2) is 8.42 Å². The van der Waals surface area contributed by atoms with Crippen molar-refractivity contribution in [2.24, 2.45) is 0 Å². The molecule has 0 saturated carbocycles. The molecule has 3 aromatic carbocycles. The lowest BCUT2D eigenvalue weighted by atomic mass is 10.1. The summed E-state index contributed by atoms with van der Waals surface area (Å²) < 4.78 is 26.6. The van der Waals surface area contributed by atoms with Crippen molar-refractivity contribution in [2.75, 3.05) is 18.9 Å². The van der Waals surface area contributed by atoms with Crippen molar-refractivity contribution in [3.8, 4) is 6.07 Å². The second-order valence-electron chi connectivity index (χ2n) is 6.35. The van der Waals surface area contributed by atoms with Crippen LogP contribution in [0.25, 0.3) is 10.8 Å². The first-order valence-corrected chi connectivity index (χ1v) is 10.0. The summed E-state index contributed by atoms with van der Waals surface area (Å²) in [6.07, 6.45) is 0.293. The molecule has 1 amide bonds. The van der Waals surface area contributed by atoms with Crippen molar-refractivity contribution >= 4 is 32.4 Å². The van der Waals surface area contributed by atoms with Gasteiger partial charge in [-0.05, 0) is 40.6 Å². The molecule has 0 unspecified atom stereocenters. The summed E-state index contributed by atoms with van der Waals surface area (Å²) in [7, 11) is -2.42. The standard InChI is InChI=1S/C21H19N3O3S/c1-24(15-21(25)23-19-9-6-16(7-10-19)12-13-22)28(26,27)20-11-8-17-4-2-3-5-18(17)14-20/h2-11,14H,12,15H2,1H3,(H,23,25). The molecule has 1 N–H and O–H groups in total. The summed E-state index contributed by atoms with van der Waals surface area (Å²) >= 11 is 0. The highest BCUT2D eigenvalue weighted by Gasteiger charge is 2.23. The first-order chi connectivity index (χ1) is 13.4. The number of benzene rings is 3. The van der Waals surface area contributed by atoms with Crippen molar-refractivity contribution in [2.45, 2.75) is 11.3 Å². The lowest BCUT2D eigenvalue weighted by Crippen LogP contribution is -2.34. The summed E-state index contributed by atoms with van der Waals surface area (Å²) in [5.41, 5.74) is 1.39. The number of hydrogen-bond acceptors (Lipinski definition) is 4. The number of carbonyl (C=O) groups excluding carboxylic acids is 1. The lowest BCUT2D eigenvalue weighted by molar-refractivity contribution is -0.116. The van der Waals surface area contributed by atoms with Crippen LogP contribution in [0.2, 0.25) is 0 Å². The molecular weight excluding hydrogens is 374 g/mol. The predicted molar refractivity (Wildman–Crippen MR) is 108 cm³/mol. The van der Waals surface area contributed by atoms with E-state index in [1.165, 1.54) is 7.05 Å². The quantitative estimate of drug-likeness (QED) is 0.696. The van der Waals surface area contributed by atoms with Crippen LogP contribution in [0, 0.1) is 11.3 Å². The molecule has 0 aliphatic rings. The topological polar surface area (TPSA) is 90.3 Å². The maximum Gasteiger partial charge on any atom is 0.243 e. The number of sulfonamides is 1. The van der Waals surface area contributed by atoms with Gasteiger partial charge in [-0.2, -0.15) is 9.57 Å². The zero-order valence-corrected chi connectivity index (χ0v) is 16.1. The van der Waals surface area contributed by atoms with E-state index in [-0.39, 0.29) is 11.4 Å². The van der Waals surface area contributed by atoms with Crippen LogP contribution in [0.1, 0.15) is 5.56 Å². The molecule has 0 radical (unpaired) electrons. The minimum absolute atomic E-state index is 0.141. The molecule has 7 heteroatoms. The number of carbonyl (C=O) groups is 1. The van der Waals surface area contributed by atoms with Gasteiger partial charge < -0.3 is 5.32 Å². The van der Waals surface area contributed by atoms with E-state index in [9.17, 15) is 13.2 Å². The van der Waals surface area contributed by atoms with E-state index < -0.39 is 15.9 Å². The molecule has 3 rings (SSSR count). The first kappa shape index (κ1) is 19.5. The van der Waals surface area contributed by atoms with Gasteiger partial charge in [-0.3, -0.25) is 4.79 Å². The fraction of sp³-hybridized carbons (Fsp3) is 0.143. The Morgan fingerprint density at radius 2 is 1.71 bits per heavy atom. The summed E-state index contributed by atoms with van der Waals surface area (Å²) in [5.74, 6) is -0.445. The third-order valence-corrected chi connectivity index (χ3v) is 6.12. The molecule has 0 fully saturated rings. The van der Waals surface area contributed by atoms with Crippen molar-refractivity contribution < 1.29 is 13.2 Å². The molecule has 0 aliphatic heterocycles. The highest BCUT2D eigenvalue weighted by molar-refractivity contribution is 7.89. The molecule has 0 aromatic heterocycles. The molecular formula is C21H19N3O3S. The highest BCUT2D eigenvalue weighted by Crippen LogP contribution is 2.21. The number of amides is 1. The summed E-state index contributed by atoms with van der Waals surface area (Å²) in [6, 6.07) is 21.3. The molecule has 0 bridgehead atoms. The van der Waals surface area contributed by atoms with E-state index in [4.69, 9.17) is 5.26 Å². The molecule has 6 nitrogen and oxygen atoms in total. The maximum absolute atomic E-state index is 12.8. The Kier molecular flexibility index (Phi) is 5.73. The Bertz CT molecular complexity index is 1150. The Morgan fingerprint density at radius 1 is 1.04 bits per heavy atom. The number of likely N-dealkylation sites (N-methyl/N-ethyl adjacent to an activating group) is 1. The minimum atomic E-state index is -3.80. The van der Waals surface area contributed by atoms with Crippen molar-refractivity contribution in [1.82, 2.24) is 4.31 Å². The smallest absolute Gasteiger partial charge is 0.243 e. The van der Waals surface area contributed by atoms with Crippen LogP contribution in [0.3, 0.4) is 0 Å². The minimum Gasteiger partial charge on any atom is -0.325 e. The normalized spacial score (nSPS) is 11.3. The molecule has 0 atom stereocenters. The van der Waals surface area contributed by atoms with Crippen molar-refractivity contribution in [3.63, 3.8) is 0 Å². The van der Waals surface area contributed by atoms with Crippen molar-refractivity contribution in [1.29, 1.82) is 5.26 Å². The van der Waals surface area contributed by atoms with Gasteiger partial charge in [0.2, 0.25) is 15.9 Å². The summed E-state index contributed by atoms with van der Waals surface area (Å²) in [5, 5.41) is 13.1. The zero-order valence-electron chi connectivity index (χ0n) is 15.3. The van der Waals surface area contributed by atoms with Gasteiger partial charge in [0.25, 0.3) is 0 Å². The van der Waals surface area contributed by atoms with Crippen LogP contribution in [-0.4, -0.2) is 32.2 Å². The van der Waals surface area contributed by atoms with Crippen LogP contribution < -0.4 is 5.32 Å². The van der Waals surface area contributed by atoms with Gasteiger partial charge in [0.15, 0.2) is 0 Å². The highest BCUT2D eigenvalue weighted by atomic mass is 32.2. The van der Waals surface area contributed by atoms with Gasteiger partial charge in [0.05, 0.1) is 23.9 Å². The molecule has 0 spiro atoms. The second kappa shape index (κ2) is 8.21. The number of nitrogens with one attached hydrogen (secondary N) is 1. The fourth-order valence-corrected chi connectivity index (χ4v) is 3.96. The van der Waals surface area contributed by atoms with Crippen LogP contribution in [0.4, 0.5) is 5.69 Å². The Hall–Kier alpha value is -3.21. The second-order valence-corrected chi connectivity index (χ2v) is 8.39. The third kappa shape index (κ3) is 4.36. The number of nitrogens with zero attached hydrogens (tertiary/aromatic N) is 2. The third-order valence-electron chi connectivity index (χ3n) is 4.32. The monoisotopic (exact) mass is 393 g/mol. The predicted octanol–water partition coefficient (Wildman–Crippen LogP) is 3.17. The average molecular weight is 393 g/mol. The number of hydrogen-bond donors (Lipinski definition) is 1. The Morgan fingerprint density at radius 3 is 2.39 bits per heavy atom. The van der Waals surface area contributed by atoms with Gasteiger partial charge in [-0.15, -0.1) is 0 Å². The number of nitriles is 1. The first-order valence-electron chi connectivity index (χ1n) is 8.61. The lowest BCUT2D eigenvalue weighted by Gasteiger charge is -2.17. The number of rotatable bonds is 6. The summed E-state index contributed by atoms with van der Waals surface area (Å²) in [6.45, 7) is -0.310. The van der Waals surface area contributed by atoms with E-state index in [1.54, 1.807) is 42.5 Å². The number of fused-ring (bicyclic) bond motifs is 1. The fourth-order valence-electron chi connectivity index (χ4n) is 2.79. The summed E-state index contributed by atoms with van der Waals surface area (Å²) in [4.78, 5) is 12.4. The SMILES string of the molecule is CN(CC(=O)Nc1ccc(CC#N)cc1)S(=O)(=O)c1ccc2ccccc2c1. The molecule has 3 aromatic rings. The van der Waals surface area contributed by atoms with E-state index in [1.807, 2.05) is 24.3 Å². The Labute approximate surface area is 164 Å². The molecule has 0 saturated heterocycles. The number of anilines is 1. The molecule has 142 valence electrons. The Balaban J connectivity index is 1.70. The molecule has 0 heterocycles. The van der Waals surface area contributed by atoms with E-state index in [0.29, 0.717) is 12.1 Å². The van der Waals surface area contributed by atoms with Crippen molar-refractivity contribution in [3.05, 3.63) is 72.3 Å². The largest absolute Gasteiger partial charge is 0.325 e. The van der Waals surface area contributed by atoms with Gasteiger partial charge in [0.1, 0.15) is 0 Å².